The number of ether oxygens (including phenoxy) is 2. The van der Waals surface area contributed by atoms with Gasteiger partial charge in [0, 0.05) is 17.1 Å². The van der Waals surface area contributed by atoms with Crippen molar-refractivity contribution in [2.45, 2.75) is 33.1 Å². The van der Waals surface area contributed by atoms with Crippen LogP contribution in [0.2, 0.25) is 5.02 Å². The van der Waals surface area contributed by atoms with Gasteiger partial charge in [0.15, 0.2) is 0 Å². The van der Waals surface area contributed by atoms with Crippen LogP contribution < -0.4 is 10.1 Å². The van der Waals surface area contributed by atoms with E-state index in [1.807, 2.05) is 50.3 Å². The third-order valence-electron chi connectivity index (χ3n) is 4.00. The van der Waals surface area contributed by atoms with Crippen LogP contribution in [0.4, 0.5) is 0 Å². The minimum atomic E-state index is -0.139. The Balaban J connectivity index is 1.62. The van der Waals surface area contributed by atoms with Crippen molar-refractivity contribution < 1.29 is 14.3 Å². The van der Waals surface area contributed by atoms with E-state index in [-0.39, 0.29) is 18.6 Å². The molecule has 0 aliphatic carbocycles. The number of carbonyl (C=O) groups is 1. The second-order valence-corrected chi connectivity index (χ2v) is 6.94. The summed E-state index contributed by atoms with van der Waals surface area (Å²) in [6.07, 6.45) is 2.01. The zero-order chi connectivity index (χ0) is 18.5. The Morgan fingerprint density at radius 3 is 2.85 bits per heavy atom. The molecule has 136 valence electrons. The Morgan fingerprint density at radius 2 is 2.04 bits per heavy atom. The molecule has 0 aromatic heterocycles. The number of rotatable bonds is 6. The summed E-state index contributed by atoms with van der Waals surface area (Å²) in [7, 11) is 0. The van der Waals surface area contributed by atoms with E-state index in [4.69, 9.17) is 21.1 Å². The average molecular weight is 372 g/mol. The molecule has 1 aliphatic heterocycles. The van der Waals surface area contributed by atoms with Crippen molar-refractivity contribution in [2.75, 3.05) is 6.61 Å². The summed E-state index contributed by atoms with van der Waals surface area (Å²) >= 11 is 6.01. The summed E-state index contributed by atoms with van der Waals surface area (Å²) in [6.45, 7) is 5.29. The molecule has 0 saturated carbocycles. The maximum Gasteiger partial charge on any atom is 0.250 e. The number of fused-ring (bicyclic) bond motifs is 1. The molecule has 0 unspecified atom stereocenters. The molecular weight excluding hydrogens is 350 g/mol. The van der Waals surface area contributed by atoms with E-state index in [2.05, 4.69) is 5.32 Å². The van der Waals surface area contributed by atoms with Crippen molar-refractivity contribution in [1.82, 2.24) is 5.32 Å². The molecule has 0 fully saturated rings. The molecule has 1 heterocycles. The van der Waals surface area contributed by atoms with Crippen molar-refractivity contribution >= 4 is 23.6 Å². The molecule has 1 amide bonds. The van der Waals surface area contributed by atoms with Crippen LogP contribution in [-0.2, 0) is 22.7 Å². The Morgan fingerprint density at radius 1 is 1.23 bits per heavy atom. The maximum atomic E-state index is 12.4. The lowest BCUT2D eigenvalue weighted by molar-refractivity contribution is -0.117. The molecule has 3 rings (SSSR count). The van der Waals surface area contributed by atoms with Gasteiger partial charge in [-0.05, 0) is 49.2 Å². The van der Waals surface area contributed by atoms with Crippen molar-refractivity contribution in [3.63, 3.8) is 0 Å². The van der Waals surface area contributed by atoms with E-state index in [1.54, 1.807) is 12.1 Å². The van der Waals surface area contributed by atoms with Crippen LogP contribution in [0.1, 0.15) is 30.5 Å². The fourth-order valence-electron chi connectivity index (χ4n) is 2.67. The largest absolute Gasteiger partial charge is 0.488 e. The molecule has 26 heavy (non-hydrogen) atoms. The van der Waals surface area contributed by atoms with Crippen LogP contribution in [0.15, 0.2) is 48.0 Å². The zero-order valence-corrected chi connectivity index (χ0v) is 15.7. The SMILES string of the molecule is CC(C)OCc1cccc(CNC(=O)C2=Cc3cc(Cl)ccc3OC2)c1. The number of carbonyl (C=O) groups excluding carboxylic acids is 1. The monoisotopic (exact) mass is 371 g/mol. The molecule has 0 radical (unpaired) electrons. The summed E-state index contributed by atoms with van der Waals surface area (Å²) in [5, 5.41) is 3.56. The fourth-order valence-corrected chi connectivity index (χ4v) is 2.85. The molecule has 0 atom stereocenters. The van der Waals surface area contributed by atoms with Crippen molar-refractivity contribution in [1.29, 1.82) is 0 Å². The second-order valence-electron chi connectivity index (χ2n) is 6.50. The third-order valence-corrected chi connectivity index (χ3v) is 4.24. The number of hydrogen-bond acceptors (Lipinski definition) is 3. The lowest BCUT2D eigenvalue weighted by Gasteiger charge is -2.18. The first-order valence-electron chi connectivity index (χ1n) is 8.62. The van der Waals surface area contributed by atoms with Gasteiger partial charge in [-0.15, -0.1) is 0 Å². The highest BCUT2D eigenvalue weighted by Crippen LogP contribution is 2.29. The van der Waals surface area contributed by atoms with E-state index >= 15 is 0 Å². The van der Waals surface area contributed by atoms with E-state index in [1.165, 1.54) is 0 Å². The Bertz CT molecular complexity index is 830. The number of nitrogens with one attached hydrogen (secondary N) is 1. The van der Waals surface area contributed by atoms with Crippen molar-refractivity contribution in [3.8, 4) is 5.75 Å². The normalized spacial score (nSPS) is 13.0. The van der Waals surface area contributed by atoms with Gasteiger partial charge in [-0.1, -0.05) is 35.9 Å². The minimum absolute atomic E-state index is 0.139. The number of amides is 1. The van der Waals surface area contributed by atoms with Gasteiger partial charge >= 0.3 is 0 Å². The zero-order valence-electron chi connectivity index (χ0n) is 14.9. The fraction of sp³-hybridized carbons (Fsp3) is 0.286. The molecule has 2 aromatic rings. The van der Waals surface area contributed by atoms with Gasteiger partial charge in [0.1, 0.15) is 12.4 Å². The Labute approximate surface area is 158 Å². The number of hydrogen-bond donors (Lipinski definition) is 1. The Kier molecular flexibility index (Phi) is 5.96. The summed E-state index contributed by atoms with van der Waals surface area (Å²) in [4.78, 5) is 12.4. The van der Waals surface area contributed by atoms with Crippen molar-refractivity contribution in [3.05, 3.63) is 69.8 Å². The van der Waals surface area contributed by atoms with Gasteiger partial charge in [-0.3, -0.25) is 4.79 Å². The third kappa shape index (κ3) is 4.87. The molecule has 1 N–H and O–H groups in total. The van der Waals surface area contributed by atoms with Crippen LogP contribution in [0.3, 0.4) is 0 Å². The predicted molar refractivity (Wildman–Crippen MR) is 103 cm³/mol. The van der Waals surface area contributed by atoms with Gasteiger partial charge in [0.05, 0.1) is 18.3 Å². The molecule has 5 heteroatoms. The van der Waals surface area contributed by atoms with Crippen LogP contribution in [-0.4, -0.2) is 18.6 Å². The molecule has 4 nitrogen and oxygen atoms in total. The summed E-state index contributed by atoms with van der Waals surface area (Å²) in [6, 6.07) is 13.4. The van der Waals surface area contributed by atoms with Gasteiger partial charge in [-0.25, -0.2) is 0 Å². The lowest BCUT2D eigenvalue weighted by atomic mass is 10.1. The maximum absolute atomic E-state index is 12.4. The molecule has 1 aliphatic rings. The highest BCUT2D eigenvalue weighted by molar-refractivity contribution is 6.30. The van der Waals surface area contributed by atoms with E-state index < -0.39 is 0 Å². The summed E-state index contributed by atoms with van der Waals surface area (Å²) in [5.41, 5.74) is 3.53. The molecule has 0 spiro atoms. The summed E-state index contributed by atoms with van der Waals surface area (Å²) < 4.78 is 11.3. The highest BCUT2D eigenvalue weighted by Gasteiger charge is 2.17. The molecule has 0 bridgehead atoms. The quantitative estimate of drug-likeness (QED) is 0.820. The van der Waals surface area contributed by atoms with Gasteiger partial charge < -0.3 is 14.8 Å². The van der Waals surface area contributed by atoms with Crippen LogP contribution in [0, 0.1) is 0 Å². The predicted octanol–water partition coefficient (Wildman–Crippen LogP) is 4.36. The molecule has 0 saturated heterocycles. The second kappa shape index (κ2) is 8.39. The van der Waals surface area contributed by atoms with Crippen LogP contribution in [0.25, 0.3) is 6.08 Å². The number of benzene rings is 2. The Hall–Kier alpha value is -2.30. The topological polar surface area (TPSA) is 47.6 Å². The van der Waals surface area contributed by atoms with Gasteiger partial charge in [0.2, 0.25) is 0 Å². The van der Waals surface area contributed by atoms with E-state index in [0.29, 0.717) is 23.7 Å². The van der Waals surface area contributed by atoms with Crippen LogP contribution >= 0.6 is 11.6 Å². The highest BCUT2D eigenvalue weighted by atomic mass is 35.5. The van der Waals surface area contributed by atoms with E-state index in [0.717, 1.165) is 22.4 Å². The first kappa shape index (κ1) is 18.5. The first-order valence-corrected chi connectivity index (χ1v) is 8.99. The average Bonchev–Trinajstić information content (AvgIpc) is 2.64. The number of halogens is 1. The summed E-state index contributed by atoms with van der Waals surface area (Å²) in [5.74, 6) is 0.600. The minimum Gasteiger partial charge on any atom is -0.488 e. The molecular formula is C21H22ClNO3. The van der Waals surface area contributed by atoms with E-state index in [9.17, 15) is 4.79 Å². The van der Waals surface area contributed by atoms with Gasteiger partial charge in [0.25, 0.3) is 5.91 Å². The van der Waals surface area contributed by atoms with Crippen molar-refractivity contribution in [2.24, 2.45) is 0 Å². The van der Waals surface area contributed by atoms with Crippen LogP contribution in [0.5, 0.6) is 5.75 Å². The first-order chi connectivity index (χ1) is 12.5. The smallest absolute Gasteiger partial charge is 0.250 e. The standard InChI is InChI=1S/C21H22ClNO3/c1-14(2)25-12-16-5-3-4-15(8-16)11-23-21(24)18-9-17-10-19(22)6-7-20(17)26-13-18/h3-10,14H,11-13H2,1-2H3,(H,23,24). The lowest BCUT2D eigenvalue weighted by Crippen LogP contribution is -2.28. The van der Waals surface area contributed by atoms with Gasteiger partial charge in [-0.2, -0.15) is 0 Å². The molecule has 2 aromatic carbocycles.